The van der Waals surface area contributed by atoms with Crippen LogP contribution in [0.2, 0.25) is 0 Å². The first-order chi connectivity index (χ1) is 22.7. The monoisotopic (exact) mass is 622 g/mol. The molecule has 0 radical (unpaired) electrons. The van der Waals surface area contributed by atoms with Crippen LogP contribution in [0.3, 0.4) is 0 Å². The standard InChI is InChI=1S/C24H20.C9H12.C7H8.C5H12.C2H6/c1-17-11-13-19(14-12-17)22-9-5-6-10-23(22)24-16-21-8-4-3-7-20(21)15-18(24)2;1-8(2)9-6-4-3-5-7-9;1-7-5-3-2-4-6-7;1-4-5(2)3;1-2/h3-16H,1-2H3;3-8H,1-2H3;2-6H,1H3;5H,4H2,1-3H3;1-2H3. The van der Waals surface area contributed by atoms with Gasteiger partial charge in [-0.15, -0.1) is 0 Å². The normalized spacial score (nSPS) is 9.96. The highest BCUT2D eigenvalue weighted by Gasteiger charge is 2.10. The molecule has 0 unspecified atom stereocenters. The largest absolute Gasteiger partial charge is 0.0683 e. The molecule has 0 atom stereocenters. The minimum atomic E-state index is 0.659. The van der Waals surface area contributed by atoms with Crippen LogP contribution >= 0.6 is 0 Å². The summed E-state index contributed by atoms with van der Waals surface area (Å²) in [4.78, 5) is 0. The predicted octanol–water partition coefficient (Wildman–Crippen LogP) is 14.7. The summed E-state index contributed by atoms with van der Waals surface area (Å²) in [7, 11) is 0. The van der Waals surface area contributed by atoms with Crippen LogP contribution in [0.5, 0.6) is 0 Å². The maximum Gasteiger partial charge on any atom is -0.0103 e. The highest BCUT2D eigenvalue weighted by molar-refractivity contribution is 5.93. The van der Waals surface area contributed by atoms with E-state index in [1.54, 1.807) is 0 Å². The second kappa shape index (κ2) is 21.4. The summed E-state index contributed by atoms with van der Waals surface area (Å²) in [6.07, 6.45) is 1.31. The molecule has 6 rings (SSSR count). The van der Waals surface area contributed by atoms with Gasteiger partial charge in [0.25, 0.3) is 0 Å². The molecule has 0 aliphatic carbocycles. The van der Waals surface area contributed by atoms with Crippen LogP contribution in [-0.4, -0.2) is 0 Å². The number of benzene rings is 6. The van der Waals surface area contributed by atoms with Gasteiger partial charge in [0.2, 0.25) is 0 Å². The zero-order valence-electron chi connectivity index (χ0n) is 30.7. The molecule has 0 fully saturated rings. The van der Waals surface area contributed by atoms with Crippen LogP contribution in [0, 0.1) is 26.7 Å². The lowest BCUT2D eigenvalue weighted by Gasteiger charge is -2.14. The number of hydrogen-bond acceptors (Lipinski definition) is 0. The summed E-state index contributed by atoms with van der Waals surface area (Å²) >= 11 is 0. The van der Waals surface area contributed by atoms with E-state index < -0.39 is 0 Å². The van der Waals surface area contributed by atoms with Gasteiger partial charge in [-0.1, -0.05) is 206 Å². The fourth-order valence-corrected chi connectivity index (χ4v) is 4.72. The molecular weight excluding hydrogens is 565 g/mol. The Bertz CT molecular complexity index is 1670. The molecule has 246 valence electrons. The lowest BCUT2D eigenvalue weighted by atomic mass is 9.90. The van der Waals surface area contributed by atoms with Crippen molar-refractivity contribution in [3.05, 3.63) is 168 Å². The molecule has 0 heteroatoms. The molecule has 0 heterocycles. The third kappa shape index (κ3) is 13.5. The molecule has 0 spiro atoms. The zero-order valence-corrected chi connectivity index (χ0v) is 30.7. The Balaban J connectivity index is 0.000000273. The van der Waals surface area contributed by atoms with Crippen molar-refractivity contribution >= 4 is 10.8 Å². The van der Waals surface area contributed by atoms with Crippen LogP contribution in [-0.2, 0) is 0 Å². The average molecular weight is 623 g/mol. The first kappa shape index (κ1) is 38.8. The van der Waals surface area contributed by atoms with Crippen molar-refractivity contribution in [3.8, 4) is 22.3 Å². The van der Waals surface area contributed by atoms with Crippen LogP contribution in [0.15, 0.2) is 146 Å². The summed E-state index contributed by atoms with van der Waals surface area (Å²) in [5.41, 5.74) is 10.5. The molecule has 0 saturated heterocycles. The fourth-order valence-electron chi connectivity index (χ4n) is 4.72. The SMILES string of the molecule is CC.CC(C)c1ccccc1.CCC(C)C.Cc1ccc(-c2ccccc2-c2cc3ccccc3cc2C)cc1.Cc1ccccc1. The number of aryl methyl sites for hydroxylation is 3. The fraction of sp³-hybridized carbons (Fsp3) is 0.277. The number of rotatable bonds is 4. The van der Waals surface area contributed by atoms with E-state index >= 15 is 0 Å². The molecule has 0 aliphatic heterocycles. The third-order valence-electron chi connectivity index (χ3n) is 7.90. The Labute approximate surface area is 287 Å². The van der Waals surface area contributed by atoms with Crippen molar-refractivity contribution in [2.24, 2.45) is 5.92 Å². The molecule has 0 aromatic heterocycles. The van der Waals surface area contributed by atoms with Gasteiger partial charge < -0.3 is 0 Å². The smallest absolute Gasteiger partial charge is 0.0103 e. The van der Waals surface area contributed by atoms with Crippen molar-refractivity contribution in [1.82, 2.24) is 0 Å². The van der Waals surface area contributed by atoms with Crippen molar-refractivity contribution in [1.29, 1.82) is 0 Å². The topological polar surface area (TPSA) is 0 Å². The Morgan fingerprint density at radius 1 is 0.447 bits per heavy atom. The first-order valence-electron chi connectivity index (χ1n) is 17.4. The molecule has 6 aromatic carbocycles. The maximum atomic E-state index is 2.32. The Morgan fingerprint density at radius 3 is 1.32 bits per heavy atom. The molecule has 0 N–H and O–H groups in total. The predicted molar refractivity (Wildman–Crippen MR) is 212 cm³/mol. The minimum Gasteiger partial charge on any atom is -0.0683 e. The summed E-state index contributed by atoms with van der Waals surface area (Å²) in [5, 5.41) is 2.59. The Hall–Kier alpha value is -4.42. The zero-order chi connectivity index (χ0) is 34.6. The van der Waals surface area contributed by atoms with Gasteiger partial charge in [-0.2, -0.15) is 0 Å². The maximum absolute atomic E-state index is 2.32. The second-order valence-electron chi connectivity index (χ2n) is 12.4. The molecular formula is C47H58. The number of hydrogen-bond donors (Lipinski definition) is 0. The van der Waals surface area contributed by atoms with Gasteiger partial charge in [0.1, 0.15) is 0 Å². The lowest BCUT2D eigenvalue weighted by Crippen LogP contribution is -1.89. The van der Waals surface area contributed by atoms with E-state index in [2.05, 4.69) is 177 Å². The van der Waals surface area contributed by atoms with Gasteiger partial charge in [-0.3, -0.25) is 0 Å². The minimum absolute atomic E-state index is 0.659. The van der Waals surface area contributed by atoms with E-state index in [1.165, 1.54) is 61.7 Å². The Kier molecular flexibility index (Phi) is 17.6. The first-order valence-corrected chi connectivity index (χ1v) is 17.4. The summed E-state index contributed by atoms with van der Waals surface area (Å²) in [5.74, 6) is 1.54. The van der Waals surface area contributed by atoms with Crippen LogP contribution < -0.4 is 0 Å². The van der Waals surface area contributed by atoms with Crippen molar-refractivity contribution in [3.63, 3.8) is 0 Å². The third-order valence-corrected chi connectivity index (χ3v) is 7.90. The van der Waals surface area contributed by atoms with Crippen LogP contribution in [0.25, 0.3) is 33.0 Å². The van der Waals surface area contributed by atoms with E-state index in [9.17, 15) is 0 Å². The summed E-state index contributed by atoms with van der Waals surface area (Å²) in [6.45, 7) is 21.5. The molecule has 0 aliphatic rings. The van der Waals surface area contributed by atoms with Gasteiger partial charge >= 0.3 is 0 Å². The number of fused-ring (bicyclic) bond motifs is 1. The van der Waals surface area contributed by atoms with E-state index in [-0.39, 0.29) is 0 Å². The molecule has 0 bridgehead atoms. The Morgan fingerprint density at radius 2 is 0.872 bits per heavy atom. The summed E-state index contributed by atoms with van der Waals surface area (Å²) in [6, 6.07) is 51.4. The van der Waals surface area contributed by atoms with Gasteiger partial charge in [0.05, 0.1) is 0 Å². The lowest BCUT2D eigenvalue weighted by molar-refractivity contribution is 0.626. The van der Waals surface area contributed by atoms with Crippen LogP contribution in [0.4, 0.5) is 0 Å². The van der Waals surface area contributed by atoms with Crippen LogP contribution in [0.1, 0.15) is 83.1 Å². The molecule has 47 heavy (non-hydrogen) atoms. The van der Waals surface area contributed by atoms with Crippen molar-refractivity contribution in [2.45, 2.75) is 81.6 Å². The highest BCUT2D eigenvalue weighted by Crippen LogP contribution is 2.35. The van der Waals surface area contributed by atoms with E-state index in [1.807, 2.05) is 38.1 Å². The highest BCUT2D eigenvalue weighted by atomic mass is 14.1. The van der Waals surface area contributed by atoms with Gasteiger partial charge in [0, 0.05) is 0 Å². The summed E-state index contributed by atoms with van der Waals surface area (Å²) < 4.78 is 0. The van der Waals surface area contributed by atoms with Gasteiger partial charge in [-0.05, 0) is 82.8 Å². The van der Waals surface area contributed by atoms with Crippen molar-refractivity contribution < 1.29 is 0 Å². The second-order valence-corrected chi connectivity index (χ2v) is 12.4. The average Bonchev–Trinajstić information content (AvgIpc) is 3.11. The molecule has 0 amide bonds. The van der Waals surface area contributed by atoms with E-state index in [0.29, 0.717) is 5.92 Å². The van der Waals surface area contributed by atoms with E-state index in [4.69, 9.17) is 0 Å². The van der Waals surface area contributed by atoms with E-state index in [0.717, 1.165) is 5.92 Å². The molecule has 0 saturated carbocycles. The van der Waals surface area contributed by atoms with Crippen molar-refractivity contribution in [2.75, 3.05) is 0 Å². The quantitative estimate of drug-likeness (QED) is 0.183. The molecule has 0 nitrogen and oxygen atoms in total. The van der Waals surface area contributed by atoms with Gasteiger partial charge in [0.15, 0.2) is 0 Å². The van der Waals surface area contributed by atoms with Gasteiger partial charge in [-0.25, -0.2) is 0 Å². The molecule has 6 aromatic rings.